The third-order valence-electron chi connectivity index (χ3n) is 2.30. The molecule has 0 heterocycles. The molecule has 0 amide bonds. The number of nitriles is 1. The highest BCUT2D eigenvalue weighted by molar-refractivity contribution is 7.89. The average molecular weight is 320 g/mol. The Morgan fingerprint density at radius 3 is 2.50 bits per heavy atom. The third kappa shape index (κ3) is 4.98. The maximum absolute atomic E-state index is 12.1. The molecule has 0 radical (unpaired) electrons. The van der Waals surface area contributed by atoms with Crippen LogP contribution in [0.1, 0.15) is 19.4 Å². The third-order valence-corrected chi connectivity index (χ3v) is 3.74. The van der Waals surface area contributed by atoms with Crippen LogP contribution in [0.2, 0.25) is 0 Å². The molecule has 0 aliphatic heterocycles. The monoisotopic (exact) mass is 319 g/mol. The van der Waals surface area contributed by atoms with Gasteiger partial charge in [0.25, 0.3) is 0 Å². The number of nitrogens with one attached hydrogen (secondary N) is 1. The molecule has 1 rings (SSSR count). The maximum atomic E-state index is 12.1. The standard InChI is InChI=1S/C12H17N3O3S.ClH/c1-12(2,14)8-15-19(16,17)11-5-4-9(7-13)6-10(11)18-3;/h4-6,15H,8,14H2,1-3H3;1H. The summed E-state index contributed by atoms with van der Waals surface area (Å²) < 4.78 is 31.7. The largest absolute Gasteiger partial charge is 0.495 e. The Bertz CT molecular complexity index is 603. The number of rotatable bonds is 5. The summed E-state index contributed by atoms with van der Waals surface area (Å²) in [5.74, 6) is 0.126. The lowest BCUT2D eigenvalue weighted by molar-refractivity contribution is 0.401. The predicted molar refractivity (Wildman–Crippen MR) is 78.4 cm³/mol. The number of benzene rings is 1. The van der Waals surface area contributed by atoms with Gasteiger partial charge in [-0.1, -0.05) is 0 Å². The zero-order valence-corrected chi connectivity index (χ0v) is 13.1. The number of methoxy groups -OCH3 is 1. The Balaban J connectivity index is 0.00000361. The summed E-state index contributed by atoms with van der Waals surface area (Å²) in [6.07, 6.45) is 0. The van der Waals surface area contributed by atoms with Crippen LogP contribution in [0.15, 0.2) is 23.1 Å². The topological polar surface area (TPSA) is 105 Å². The highest BCUT2D eigenvalue weighted by Crippen LogP contribution is 2.24. The molecule has 0 spiro atoms. The maximum Gasteiger partial charge on any atom is 0.244 e. The molecule has 8 heteroatoms. The van der Waals surface area contributed by atoms with Crippen LogP contribution in [-0.4, -0.2) is 27.6 Å². The van der Waals surface area contributed by atoms with Crippen molar-refractivity contribution in [3.8, 4) is 11.8 Å². The molecule has 0 aromatic heterocycles. The minimum Gasteiger partial charge on any atom is -0.495 e. The first-order valence-electron chi connectivity index (χ1n) is 5.56. The Morgan fingerprint density at radius 2 is 2.05 bits per heavy atom. The number of nitrogens with two attached hydrogens (primary N) is 1. The van der Waals surface area contributed by atoms with Crippen LogP contribution >= 0.6 is 12.4 Å². The van der Waals surface area contributed by atoms with Gasteiger partial charge in [0.2, 0.25) is 10.0 Å². The first-order chi connectivity index (χ1) is 8.69. The van der Waals surface area contributed by atoms with Gasteiger partial charge in [-0.05, 0) is 32.0 Å². The highest BCUT2D eigenvalue weighted by atomic mass is 35.5. The summed E-state index contributed by atoms with van der Waals surface area (Å²) in [6.45, 7) is 3.52. The van der Waals surface area contributed by atoms with E-state index in [1.165, 1.54) is 25.3 Å². The van der Waals surface area contributed by atoms with Crippen molar-refractivity contribution >= 4 is 22.4 Å². The molecular formula is C12H18ClN3O3S. The quantitative estimate of drug-likeness (QED) is 0.842. The number of sulfonamides is 1. The van der Waals surface area contributed by atoms with Gasteiger partial charge in [0.15, 0.2) is 0 Å². The van der Waals surface area contributed by atoms with Gasteiger partial charge in [0, 0.05) is 12.1 Å². The zero-order chi connectivity index (χ0) is 14.7. The molecule has 6 nitrogen and oxygen atoms in total. The number of hydrogen-bond acceptors (Lipinski definition) is 5. The Morgan fingerprint density at radius 1 is 1.45 bits per heavy atom. The molecule has 0 unspecified atom stereocenters. The second-order valence-corrected chi connectivity index (χ2v) is 6.53. The van der Waals surface area contributed by atoms with E-state index in [4.69, 9.17) is 15.7 Å². The van der Waals surface area contributed by atoms with E-state index in [0.29, 0.717) is 5.56 Å². The van der Waals surface area contributed by atoms with Gasteiger partial charge >= 0.3 is 0 Å². The van der Waals surface area contributed by atoms with E-state index in [-0.39, 0.29) is 29.6 Å². The van der Waals surface area contributed by atoms with E-state index < -0.39 is 15.6 Å². The predicted octanol–water partition coefficient (Wildman–Crippen LogP) is 1.00. The molecule has 0 bridgehead atoms. The first kappa shape index (κ1) is 18.7. The minimum atomic E-state index is -3.73. The molecule has 20 heavy (non-hydrogen) atoms. The Labute approximate surface area is 125 Å². The van der Waals surface area contributed by atoms with E-state index in [2.05, 4.69) is 4.72 Å². The van der Waals surface area contributed by atoms with E-state index in [0.717, 1.165) is 0 Å². The minimum absolute atomic E-state index is 0. The molecule has 0 atom stereocenters. The normalized spacial score (nSPS) is 11.3. The summed E-state index contributed by atoms with van der Waals surface area (Å²) in [4.78, 5) is -0.0155. The molecule has 0 aliphatic rings. The van der Waals surface area contributed by atoms with Crippen molar-refractivity contribution in [3.05, 3.63) is 23.8 Å². The number of ether oxygens (including phenoxy) is 1. The van der Waals surface area contributed by atoms with Crippen molar-refractivity contribution < 1.29 is 13.2 Å². The number of nitrogens with zero attached hydrogens (tertiary/aromatic N) is 1. The second kappa shape index (κ2) is 6.90. The number of hydrogen-bond donors (Lipinski definition) is 2. The van der Waals surface area contributed by atoms with Crippen LogP contribution in [0.4, 0.5) is 0 Å². The van der Waals surface area contributed by atoms with Crippen molar-refractivity contribution in [1.82, 2.24) is 4.72 Å². The van der Waals surface area contributed by atoms with Crippen LogP contribution in [-0.2, 0) is 10.0 Å². The molecule has 1 aromatic carbocycles. The molecule has 3 N–H and O–H groups in total. The number of halogens is 1. The van der Waals surface area contributed by atoms with Crippen LogP contribution in [0.25, 0.3) is 0 Å². The molecular weight excluding hydrogens is 302 g/mol. The summed E-state index contributed by atoms with van der Waals surface area (Å²) in [7, 11) is -2.38. The van der Waals surface area contributed by atoms with Gasteiger partial charge in [-0.15, -0.1) is 12.4 Å². The van der Waals surface area contributed by atoms with Crippen molar-refractivity contribution in [1.29, 1.82) is 5.26 Å². The molecule has 0 saturated carbocycles. The van der Waals surface area contributed by atoms with Gasteiger partial charge < -0.3 is 10.5 Å². The summed E-state index contributed by atoms with van der Waals surface area (Å²) in [5.41, 5.74) is 5.40. The van der Waals surface area contributed by atoms with Crippen LogP contribution < -0.4 is 15.2 Å². The van der Waals surface area contributed by atoms with Gasteiger partial charge in [-0.25, -0.2) is 13.1 Å². The van der Waals surface area contributed by atoms with E-state index >= 15 is 0 Å². The Kier molecular flexibility index (Phi) is 6.44. The zero-order valence-electron chi connectivity index (χ0n) is 11.5. The van der Waals surface area contributed by atoms with E-state index in [1.807, 2.05) is 6.07 Å². The fourth-order valence-corrected chi connectivity index (χ4v) is 2.69. The van der Waals surface area contributed by atoms with Crippen molar-refractivity contribution in [3.63, 3.8) is 0 Å². The van der Waals surface area contributed by atoms with Crippen LogP contribution in [0, 0.1) is 11.3 Å². The second-order valence-electron chi connectivity index (χ2n) is 4.79. The highest BCUT2D eigenvalue weighted by Gasteiger charge is 2.22. The summed E-state index contributed by atoms with van der Waals surface area (Å²) in [5, 5.41) is 8.77. The summed E-state index contributed by atoms with van der Waals surface area (Å²) in [6, 6.07) is 6.06. The lowest BCUT2D eigenvalue weighted by Gasteiger charge is -2.19. The first-order valence-corrected chi connectivity index (χ1v) is 7.04. The lowest BCUT2D eigenvalue weighted by atomic mass is 10.1. The van der Waals surface area contributed by atoms with Crippen LogP contribution in [0.3, 0.4) is 0 Å². The molecule has 112 valence electrons. The van der Waals surface area contributed by atoms with Crippen LogP contribution in [0.5, 0.6) is 5.75 Å². The Hall–Kier alpha value is -1.33. The lowest BCUT2D eigenvalue weighted by Crippen LogP contribution is -2.45. The fourth-order valence-electron chi connectivity index (χ4n) is 1.32. The molecule has 0 fully saturated rings. The van der Waals surface area contributed by atoms with Gasteiger partial charge in [0.05, 0.1) is 18.7 Å². The average Bonchev–Trinajstić information content (AvgIpc) is 2.35. The van der Waals surface area contributed by atoms with E-state index in [1.54, 1.807) is 13.8 Å². The van der Waals surface area contributed by atoms with E-state index in [9.17, 15) is 8.42 Å². The van der Waals surface area contributed by atoms with Gasteiger partial charge in [0.1, 0.15) is 10.6 Å². The van der Waals surface area contributed by atoms with Gasteiger partial charge in [-0.3, -0.25) is 0 Å². The van der Waals surface area contributed by atoms with Crippen molar-refractivity contribution in [2.45, 2.75) is 24.3 Å². The molecule has 1 aromatic rings. The molecule has 0 aliphatic carbocycles. The fraction of sp³-hybridized carbons (Fsp3) is 0.417. The summed E-state index contributed by atoms with van der Waals surface area (Å²) >= 11 is 0. The smallest absolute Gasteiger partial charge is 0.244 e. The molecule has 0 saturated heterocycles. The SMILES string of the molecule is COc1cc(C#N)ccc1S(=O)(=O)NCC(C)(C)N.Cl. The van der Waals surface area contributed by atoms with Gasteiger partial charge in [-0.2, -0.15) is 5.26 Å². The van der Waals surface area contributed by atoms with Crippen molar-refractivity contribution in [2.24, 2.45) is 5.73 Å². The van der Waals surface area contributed by atoms with Crippen molar-refractivity contribution in [2.75, 3.05) is 13.7 Å².